The van der Waals surface area contributed by atoms with Crippen molar-refractivity contribution in [1.82, 2.24) is 15.3 Å². The summed E-state index contributed by atoms with van der Waals surface area (Å²) in [7, 11) is 0. The normalized spacial score (nSPS) is 10.4. The molecule has 0 saturated carbocycles. The Labute approximate surface area is 99.2 Å². The molecule has 0 saturated heterocycles. The third kappa shape index (κ3) is 3.79. The van der Waals surface area contributed by atoms with Crippen LogP contribution in [0.25, 0.3) is 0 Å². The van der Waals surface area contributed by atoms with Crippen molar-refractivity contribution >= 4 is 5.91 Å². The maximum absolute atomic E-state index is 11.5. The Morgan fingerprint density at radius 1 is 1.47 bits per heavy atom. The number of imidazole rings is 1. The van der Waals surface area contributed by atoms with Crippen LogP contribution in [0.3, 0.4) is 0 Å². The lowest BCUT2D eigenvalue weighted by Gasteiger charge is -2.02. The van der Waals surface area contributed by atoms with E-state index in [1.165, 1.54) is 0 Å². The number of carbonyl (C=O) groups excluding carboxylic acids is 1. The largest absolute Gasteiger partial charge is 0.469 e. The molecule has 0 bridgehead atoms. The zero-order valence-corrected chi connectivity index (χ0v) is 9.48. The van der Waals surface area contributed by atoms with Gasteiger partial charge in [-0.05, 0) is 12.1 Å². The molecule has 0 aliphatic rings. The quantitative estimate of drug-likeness (QED) is 0.789. The van der Waals surface area contributed by atoms with Gasteiger partial charge in [0.25, 0.3) is 0 Å². The van der Waals surface area contributed by atoms with Crippen LogP contribution in [0.2, 0.25) is 0 Å². The average Bonchev–Trinajstić information content (AvgIpc) is 2.99. The van der Waals surface area contributed by atoms with E-state index < -0.39 is 0 Å². The fraction of sp³-hybridized carbons (Fsp3) is 0.333. The minimum atomic E-state index is 0.0351. The summed E-state index contributed by atoms with van der Waals surface area (Å²) in [5.41, 5.74) is 0. The number of furan rings is 1. The molecular formula is C12H15N3O2. The number of amides is 1. The number of hydrogen-bond acceptors (Lipinski definition) is 3. The molecule has 2 aromatic rings. The Kier molecular flexibility index (Phi) is 3.96. The van der Waals surface area contributed by atoms with Crippen LogP contribution in [-0.2, 0) is 17.6 Å². The monoisotopic (exact) mass is 233 g/mol. The molecule has 0 aromatic carbocycles. The molecule has 0 atom stereocenters. The number of nitrogens with one attached hydrogen (secondary N) is 2. The minimum Gasteiger partial charge on any atom is -0.469 e. The van der Waals surface area contributed by atoms with Gasteiger partial charge in [0, 0.05) is 38.2 Å². The number of rotatable bonds is 6. The van der Waals surface area contributed by atoms with E-state index in [0.717, 1.165) is 18.0 Å². The van der Waals surface area contributed by atoms with Crippen LogP contribution < -0.4 is 5.32 Å². The minimum absolute atomic E-state index is 0.0351. The Morgan fingerprint density at radius 3 is 3.12 bits per heavy atom. The zero-order chi connectivity index (χ0) is 11.9. The number of aryl methyl sites for hydroxylation is 1. The molecule has 5 heteroatoms. The fourth-order valence-corrected chi connectivity index (χ4v) is 1.53. The molecule has 0 aliphatic carbocycles. The van der Waals surface area contributed by atoms with E-state index in [1.54, 1.807) is 18.7 Å². The van der Waals surface area contributed by atoms with Crippen molar-refractivity contribution in [3.8, 4) is 0 Å². The third-order valence-electron chi connectivity index (χ3n) is 2.42. The lowest BCUT2D eigenvalue weighted by atomic mass is 10.2. The van der Waals surface area contributed by atoms with Crippen LogP contribution >= 0.6 is 0 Å². The molecule has 2 aromatic heterocycles. The smallest absolute Gasteiger partial charge is 0.220 e. The van der Waals surface area contributed by atoms with E-state index in [9.17, 15) is 4.79 Å². The van der Waals surface area contributed by atoms with Crippen molar-refractivity contribution in [3.63, 3.8) is 0 Å². The van der Waals surface area contributed by atoms with Crippen LogP contribution in [0.1, 0.15) is 18.0 Å². The van der Waals surface area contributed by atoms with Crippen molar-refractivity contribution in [2.24, 2.45) is 0 Å². The number of aromatic amines is 1. The molecule has 90 valence electrons. The first-order valence-corrected chi connectivity index (χ1v) is 5.62. The van der Waals surface area contributed by atoms with Crippen molar-refractivity contribution in [2.75, 3.05) is 6.54 Å². The highest BCUT2D eigenvalue weighted by atomic mass is 16.3. The molecule has 17 heavy (non-hydrogen) atoms. The molecule has 1 amide bonds. The Bertz CT molecular complexity index is 434. The first kappa shape index (κ1) is 11.4. The first-order valence-electron chi connectivity index (χ1n) is 5.62. The molecule has 0 fully saturated rings. The summed E-state index contributed by atoms with van der Waals surface area (Å²) in [6.07, 6.45) is 6.90. The van der Waals surface area contributed by atoms with E-state index in [1.807, 2.05) is 12.1 Å². The Balaban J connectivity index is 1.61. The van der Waals surface area contributed by atoms with E-state index in [-0.39, 0.29) is 5.91 Å². The van der Waals surface area contributed by atoms with Crippen molar-refractivity contribution in [2.45, 2.75) is 19.3 Å². The summed E-state index contributed by atoms with van der Waals surface area (Å²) in [5.74, 6) is 1.76. The van der Waals surface area contributed by atoms with Gasteiger partial charge in [-0.15, -0.1) is 0 Å². The standard InChI is InChI=1S/C12H15N3O2/c16-12(4-3-10-2-1-9-17-10)15-6-5-11-13-7-8-14-11/h1-2,7-9H,3-6H2,(H,13,14)(H,15,16). The van der Waals surface area contributed by atoms with Crippen LogP contribution in [0.5, 0.6) is 0 Å². The lowest BCUT2D eigenvalue weighted by Crippen LogP contribution is -2.26. The highest BCUT2D eigenvalue weighted by Crippen LogP contribution is 2.03. The van der Waals surface area contributed by atoms with Crippen LogP contribution in [-0.4, -0.2) is 22.4 Å². The highest BCUT2D eigenvalue weighted by Gasteiger charge is 2.03. The highest BCUT2D eigenvalue weighted by molar-refractivity contribution is 5.76. The maximum atomic E-state index is 11.5. The number of aromatic nitrogens is 2. The molecular weight excluding hydrogens is 218 g/mol. The van der Waals surface area contributed by atoms with Gasteiger partial charge in [-0.25, -0.2) is 4.98 Å². The summed E-state index contributed by atoms with van der Waals surface area (Å²) in [6, 6.07) is 3.69. The molecule has 0 aliphatic heterocycles. The number of H-pyrrole nitrogens is 1. The molecule has 2 rings (SSSR count). The van der Waals surface area contributed by atoms with Crippen molar-refractivity contribution in [1.29, 1.82) is 0 Å². The van der Waals surface area contributed by atoms with Crippen molar-refractivity contribution in [3.05, 3.63) is 42.4 Å². The van der Waals surface area contributed by atoms with Gasteiger partial charge in [-0.3, -0.25) is 4.79 Å². The van der Waals surface area contributed by atoms with Gasteiger partial charge >= 0.3 is 0 Å². The first-order chi connectivity index (χ1) is 8.34. The average molecular weight is 233 g/mol. The van der Waals surface area contributed by atoms with Crippen LogP contribution in [0.4, 0.5) is 0 Å². The number of carbonyl (C=O) groups is 1. The van der Waals surface area contributed by atoms with Crippen molar-refractivity contribution < 1.29 is 9.21 Å². The number of nitrogens with zero attached hydrogens (tertiary/aromatic N) is 1. The molecule has 0 spiro atoms. The summed E-state index contributed by atoms with van der Waals surface area (Å²) in [6.45, 7) is 0.602. The second kappa shape index (κ2) is 5.89. The van der Waals surface area contributed by atoms with E-state index in [2.05, 4.69) is 15.3 Å². The van der Waals surface area contributed by atoms with Crippen LogP contribution in [0, 0.1) is 0 Å². The molecule has 0 unspecified atom stereocenters. The lowest BCUT2D eigenvalue weighted by molar-refractivity contribution is -0.121. The van der Waals surface area contributed by atoms with Gasteiger partial charge in [0.15, 0.2) is 0 Å². The van der Waals surface area contributed by atoms with Gasteiger partial charge in [0.05, 0.1) is 6.26 Å². The molecule has 2 heterocycles. The SMILES string of the molecule is O=C(CCc1ccco1)NCCc1ncc[nH]1. The van der Waals surface area contributed by atoms with Gasteiger partial charge in [0.2, 0.25) is 5.91 Å². The van der Waals surface area contributed by atoms with Gasteiger partial charge in [0.1, 0.15) is 11.6 Å². The number of hydrogen-bond donors (Lipinski definition) is 2. The van der Waals surface area contributed by atoms with E-state index in [4.69, 9.17) is 4.42 Å². The topological polar surface area (TPSA) is 70.9 Å². The molecule has 2 N–H and O–H groups in total. The summed E-state index contributed by atoms with van der Waals surface area (Å²) in [4.78, 5) is 18.5. The fourth-order valence-electron chi connectivity index (χ4n) is 1.53. The van der Waals surface area contributed by atoms with Gasteiger partial charge in [-0.2, -0.15) is 0 Å². The second-order valence-electron chi connectivity index (χ2n) is 3.72. The molecule has 5 nitrogen and oxygen atoms in total. The summed E-state index contributed by atoms with van der Waals surface area (Å²) >= 11 is 0. The van der Waals surface area contributed by atoms with Gasteiger partial charge < -0.3 is 14.7 Å². The maximum Gasteiger partial charge on any atom is 0.220 e. The second-order valence-corrected chi connectivity index (χ2v) is 3.72. The van der Waals surface area contributed by atoms with Crippen LogP contribution in [0.15, 0.2) is 35.2 Å². The zero-order valence-electron chi connectivity index (χ0n) is 9.48. The predicted molar refractivity (Wildman–Crippen MR) is 62.3 cm³/mol. The Hall–Kier alpha value is -2.04. The Morgan fingerprint density at radius 2 is 2.41 bits per heavy atom. The summed E-state index contributed by atoms with van der Waals surface area (Å²) < 4.78 is 5.15. The van der Waals surface area contributed by atoms with E-state index >= 15 is 0 Å². The predicted octanol–water partition coefficient (Wildman–Crippen LogP) is 1.29. The molecule has 0 radical (unpaired) electrons. The third-order valence-corrected chi connectivity index (χ3v) is 2.42. The van der Waals surface area contributed by atoms with Gasteiger partial charge in [-0.1, -0.05) is 0 Å². The summed E-state index contributed by atoms with van der Waals surface area (Å²) in [5, 5.41) is 2.84. The van der Waals surface area contributed by atoms with E-state index in [0.29, 0.717) is 19.4 Å².